The van der Waals surface area contributed by atoms with Gasteiger partial charge in [-0.15, -0.1) is 0 Å². The topological polar surface area (TPSA) is 53.6 Å². The first-order chi connectivity index (χ1) is 7.04. The summed E-state index contributed by atoms with van der Waals surface area (Å²) in [7, 11) is 0. The summed E-state index contributed by atoms with van der Waals surface area (Å²) >= 11 is 0. The van der Waals surface area contributed by atoms with E-state index in [1.165, 1.54) is 6.42 Å². The second-order valence-electron chi connectivity index (χ2n) is 4.93. The van der Waals surface area contributed by atoms with Crippen molar-refractivity contribution in [2.24, 2.45) is 22.7 Å². The van der Waals surface area contributed by atoms with E-state index in [9.17, 15) is 0 Å². The van der Waals surface area contributed by atoms with Gasteiger partial charge < -0.3 is 4.90 Å². The summed E-state index contributed by atoms with van der Waals surface area (Å²) in [5.41, 5.74) is 2.71. The molecule has 0 aromatic rings. The highest BCUT2D eigenvalue weighted by molar-refractivity contribution is 5.79. The average molecular weight is 212 g/mol. The highest BCUT2D eigenvalue weighted by atomic mass is 15.4. The molecule has 0 aromatic carbocycles. The van der Waals surface area contributed by atoms with Crippen LogP contribution in [0.15, 0.2) is 4.99 Å². The van der Waals surface area contributed by atoms with Gasteiger partial charge in [-0.3, -0.25) is 5.43 Å². The highest BCUT2D eigenvalue weighted by Gasteiger charge is 2.26. The fraction of sp³-hybridized carbons (Fsp3) is 0.909. The third kappa shape index (κ3) is 3.38. The zero-order chi connectivity index (χ0) is 11.4. The third-order valence-electron chi connectivity index (χ3n) is 2.98. The van der Waals surface area contributed by atoms with E-state index in [1.54, 1.807) is 0 Å². The molecule has 0 radical (unpaired) electrons. The molecule has 1 aliphatic rings. The Morgan fingerprint density at radius 1 is 1.40 bits per heavy atom. The van der Waals surface area contributed by atoms with Gasteiger partial charge in [0.25, 0.3) is 0 Å². The fourth-order valence-electron chi connectivity index (χ4n) is 1.98. The Morgan fingerprint density at radius 3 is 2.47 bits per heavy atom. The molecule has 0 saturated carbocycles. The molecule has 0 spiro atoms. The molecule has 1 saturated heterocycles. The molecule has 1 heterocycles. The summed E-state index contributed by atoms with van der Waals surface area (Å²) in [5, 5.41) is 0. The minimum Gasteiger partial charge on any atom is -0.342 e. The van der Waals surface area contributed by atoms with Crippen molar-refractivity contribution in [2.75, 3.05) is 13.1 Å². The van der Waals surface area contributed by atoms with Gasteiger partial charge >= 0.3 is 0 Å². The van der Waals surface area contributed by atoms with Crippen LogP contribution in [0.3, 0.4) is 0 Å². The van der Waals surface area contributed by atoms with Gasteiger partial charge in [0.05, 0.1) is 0 Å². The number of hydrogen-bond donors (Lipinski definition) is 2. The molecule has 3 N–H and O–H groups in total. The van der Waals surface area contributed by atoms with Crippen molar-refractivity contribution in [3.63, 3.8) is 0 Å². The molecule has 0 amide bonds. The van der Waals surface area contributed by atoms with Crippen LogP contribution in [0.25, 0.3) is 0 Å². The van der Waals surface area contributed by atoms with E-state index in [-0.39, 0.29) is 6.04 Å². The number of hydrogen-bond acceptors (Lipinski definition) is 2. The quantitative estimate of drug-likeness (QED) is 0.313. The Morgan fingerprint density at radius 2 is 2.07 bits per heavy atom. The second-order valence-corrected chi connectivity index (χ2v) is 4.93. The van der Waals surface area contributed by atoms with E-state index in [1.807, 2.05) is 0 Å². The molecule has 0 aromatic heterocycles. The molecule has 4 nitrogen and oxygen atoms in total. The van der Waals surface area contributed by atoms with Gasteiger partial charge in [0.1, 0.15) is 0 Å². The molecule has 0 bridgehead atoms. The Kier molecular flexibility index (Phi) is 4.39. The first kappa shape index (κ1) is 12.3. The van der Waals surface area contributed by atoms with Crippen LogP contribution in [0.1, 0.15) is 34.1 Å². The predicted molar refractivity (Wildman–Crippen MR) is 64.4 cm³/mol. The number of aliphatic imine (C=N–C) groups is 1. The lowest BCUT2D eigenvalue weighted by Gasteiger charge is -2.21. The maximum absolute atomic E-state index is 5.50. The van der Waals surface area contributed by atoms with E-state index in [0.29, 0.717) is 0 Å². The average Bonchev–Trinajstić information content (AvgIpc) is 2.62. The molecule has 4 heteroatoms. The van der Waals surface area contributed by atoms with Crippen molar-refractivity contribution < 1.29 is 0 Å². The number of nitrogens with zero attached hydrogens (tertiary/aromatic N) is 2. The van der Waals surface area contributed by atoms with Crippen LogP contribution in [0.4, 0.5) is 0 Å². The zero-order valence-electron chi connectivity index (χ0n) is 10.3. The Bertz CT molecular complexity index is 223. The van der Waals surface area contributed by atoms with E-state index < -0.39 is 0 Å². The third-order valence-corrected chi connectivity index (χ3v) is 2.98. The van der Waals surface area contributed by atoms with Crippen LogP contribution in [-0.4, -0.2) is 30.0 Å². The van der Waals surface area contributed by atoms with Crippen LogP contribution < -0.4 is 11.3 Å². The lowest BCUT2D eigenvalue weighted by molar-refractivity contribution is 0.383. The molecule has 1 aliphatic heterocycles. The lowest BCUT2D eigenvalue weighted by atomic mass is 9.95. The van der Waals surface area contributed by atoms with Gasteiger partial charge in [0, 0.05) is 19.1 Å². The van der Waals surface area contributed by atoms with Crippen molar-refractivity contribution in [3.8, 4) is 0 Å². The molecule has 88 valence electrons. The van der Waals surface area contributed by atoms with Crippen molar-refractivity contribution in [1.82, 2.24) is 10.3 Å². The minimum atomic E-state index is 0.286. The lowest BCUT2D eigenvalue weighted by Crippen LogP contribution is -2.44. The monoisotopic (exact) mass is 212 g/mol. The predicted octanol–water partition coefficient (Wildman–Crippen LogP) is 1.19. The number of likely N-dealkylation sites (tertiary alicyclic amines) is 1. The van der Waals surface area contributed by atoms with Gasteiger partial charge in [-0.1, -0.05) is 13.8 Å². The van der Waals surface area contributed by atoms with Crippen molar-refractivity contribution in [1.29, 1.82) is 0 Å². The molecular weight excluding hydrogens is 188 g/mol. The molecular formula is C11H24N4. The summed E-state index contributed by atoms with van der Waals surface area (Å²) < 4.78 is 0. The Balaban J connectivity index is 2.58. The molecule has 1 atom stereocenters. The number of nitrogens with two attached hydrogens (primary N) is 1. The molecule has 15 heavy (non-hydrogen) atoms. The minimum absolute atomic E-state index is 0.286. The summed E-state index contributed by atoms with van der Waals surface area (Å²) in [6, 6.07) is 0.286. The van der Waals surface area contributed by atoms with Gasteiger partial charge in [-0.05, 0) is 32.1 Å². The smallest absolute Gasteiger partial charge is 0.208 e. The Labute approximate surface area is 92.9 Å². The summed E-state index contributed by atoms with van der Waals surface area (Å²) in [4.78, 5) is 6.73. The number of guanidine groups is 1. The standard InChI is InChI=1S/C11H24N4/c1-8(2)10-5-6-15(7-10)11(14-12)13-9(3)4/h8-10H,5-7,12H2,1-4H3,(H,13,14). The summed E-state index contributed by atoms with van der Waals surface area (Å²) in [6.45, 7) is 10.8. The number of hydrazine groups is 1. The maximum atomic E-state index is 5.50. The first-order valence-corrected chi connectivity index (χ1v) is 5.84. The second kappa shape index (κ2) is 5.35. The van der Waals surface area contributed by atoms with E-state index >= 15 is 0 Å². The summed E-state index contributed by atoms with van der Waals surface area (Å²) in [5.74, 6) is 7.86. The van der Waals surface area contributed by atoms with E-state index in [4.69, 9.17) is 5.84 Å². The first-order valence-electron chi connectivity index (χ1n) is 5.84. The van der Waals surface area contributed by atoms with Crippen LogP contribution in [-0.2, 0) is 0 Å². The van der Waals surface area contributed by atoms with Crippen molar-refractivity contribution >= 4 is 5.96 Å². The normalized spacial score (nSPS) is 23.0. The molecule has 1 fully saturated rings. The molecule has 0 aliphatic carbocycles. The van der Waals surface area contributed by atoms with Crippen molar-refractivity contribution in [3.05, 3.63) is 0 Å². The van der Waals surface area contributed by atoms with Crippen molar-refractivity contribution in [2.45, 2.75) is 40.2 Å². The van der Waals surface area contributed by atoms with Gasteiger partial charge in [0.2, 0.25) is 5.96 Å². The summed E-state index contributed by atoms with van der Waals surface area (Å²) in [6.07, 6.45) is 1.25. The molecule has 1 unspecified atom stereocenters. The highest BCUT2D eigenvalue weighted by Crippen LogP contribution is 2.23. The zero-order valence-corrected chi connectivity index (χ0v) is 10.3. The van der Waals surface area contributed by atoms with Gasteiger partial charge in [-0.25, -0.2) is 10.8 Å². The largest absolute Gasteiger partial charge is 0.342 e. The van der Waals surface area contributed by atoms with Crippen LogP contribution in [0.2, 0.25) is 0 Å². The van der Waals surface area contributed by atoms with E-state index in [2.05, 4.69) is 43.0 Å². The van der Waals surface area contributed by atoms with Crippen LogP contribution in [0.5, 0.6) is 0 Å². The van der Waals surface area contributed by atoms with Gasteiger partial charge in [0.15, 0.2) is 0 Å². The van der Waals surface area contributed by atoms with E-state index in [0.717, 1.165) is 30.9 Å². The number of nitrogens with one attached hydrogen (secondary N) is 1. The fourth-order valence-corrected chi connectivity index (χ4v) is 1.98. The SMILES string of the molecule is CC(C)N=C(NN)N1CCC(C(C)C)C1. The Hall–Kier alpha value is -0.770. The maximum Gasteiger partial charge on any atom is 0.208 e. The van der Waals surface area contributed by atoms with Crippen LogP contribution in [0, 0.1) is 11.8 Å². The van der Waals surface area contributed by atoms with Crippen LogP contribution >= 0.6 is 0 Å². The number of rotatable bonds is 2. The van der Waals surface area contributed by atoms with Gasteiger partial charge in [-0.2, -0.15) is 0 Å². The molecule has 1 rings (SSSR count).